The molecule has 0 aromatic carbocycles. The minimum absolute atomic E-state index is 0.0602. The van der Waals surface area contributed by atoms with Crippen molar-refractivity contribution in [2.75, 3.05) is 7.11 Å². The summed E-state index contributed by atoms with van der Waals surface area (Å²) in [5, 5.41) is 0.435. The molecule has 2 rings (SSSR count). The summed E-state index contributed by atoms with van der Waals surface area (Å²) < 4.78 is 9.90. The van der Waals surface area contributed by atoms with Crippen LogP contribution in [0, 0.1) is 0 Å². The van der Waals surface area contributed by atoms with Crippen molar-refractivity contribution in [3.63, 3.8) is 0 Å². The zero-order valence-corrected chi connectivity index (χ0v) is 10.1. The predicted molar refractivity (Wildman–Crippen MR) is 62.7 cm³/mol. The molecule has 6 nitrogen and oxygen atoms in total. The van der Waals surface area contributed by atoms with E-state index in [2.05, 4.69) is 19.7 Å². The number of carbonyl (C=O) groups is 1. The number of rotatable bonds is 3. The molecule has 0 bridgehead atoms. The number of esters is 1. The molecule has 2 aromatic heterocycles. The highest BCUT2D eigenvalue weighted by molar-refractivity contribution is 6.30. The van der Waals surface area contributed by atoms with E-state index >= 15 is 0 Å². The van der Waals surface area contributed by atoms with Crippen LogP contribution in [0.15, 0.2) is 30.9 Å². The number of ether oxygens (including phenoxy) is 2. The molecule has 0 atom stereocenters. The molecule has 0 amide bonds. The van der Waals surface area contributed by atoms with E-state index in [0.717, 1.165) is 0 Å². The van der Waals surface area contributed by atoms with E-state index in [9.17, 15) is 4.79 Å². The van der Waals surface area contributed by atoms with Gasteiger partial charge in [0.1, 0.15) is 5.75 Å². The molecular weight excluding hydrogens is 258 g/mol. The van der Waals surface area contributed by atoms with Crippen LogP contribution >= 0.6 is 11.6 Å². The zero-order chi connectivity index (χ0) is 13.0. The van der Waals surface area contributed by atoms with Crippen LogP contribution in [0.1, 0.15) is 10.5 Å². The van der Waals surface area contributed by atoms with Gasteiger partial charge < -0.3 is 9.47 Å². The Labute approximate surface area is 108 Å². The number of halogens is 1. The molecule has 0 aliphatic carbocycles. The van der Waals surface area contributed by atoms with Crippen molar-refractivity contribution in [3.05, 3.63) is 41.6 Å². The smallest absolute Gasteiger partial charge is 0.358 e. The fourth-order valence-electron chi connectivity index (χ4n) is 1.17. The highest BCUT2D eigenvalue weighted by Gasteiger charge is 2.09. The van der Waals surface area contributed by atoms with Crippen molar-refractivity contribution in [2.24, 2.45) is 0 Å². The molecule has 0 spiro atoms. The Morgan fingerprint density at radius 2 is 2.00 bits per heavy atom. The lowest BCUT2D eigenvalue weighted by atomic mass is 10.4. The van der Waals surface area contributed by atoms with E-state index in [-0.39, 0.29) is 11.6 Å². The molecular formula is C11H8ClN3O3. The maximum Gasteiger partial charge on any atom is 0.358 e. The molecule has 0 aliphatic rings. The van der Waals surface area contributed by atoms with Crippen LogP contribution in [0.2, 0.25) is 5.02 Å². The van der Waals surface area contributed by atoms with Gasteiger partial charge in [0.25, 0.3) is 0 Å². The van der Waals surface area contributed by atoms with Crippen LogP contribution in [-0.2, 0) is 4.74 Å². The zero-order valence-electron chi connectivity index (χ0n) is 9.33. The first-order chi connectivity index (χ1) is 8.69. The Balaban J connectivity index is 2.22. The molecule has 0 radical (unpaired) electrons. The molecule has 2 heterocycles. The van der Waals surface area contributed by atoms with Crippen LogP contribution in [0.5, 0.6) is 11.6 Å². The average Bonchev–Trinajstić information content (AvgIpc) is 2.38. The molecule has 0 unspecified atom stereocenters. The van der Waals surface area contributed by atoms with Gasteiger partial charge in [0.15, 0.2) is 5.69 Å². The third-order valence-electron chi connectivity index (χ3n) is 1.91. The largest absolute Gasteiger partial charge is 0.464 e. The number of nitrogens with zero attached hydrogens (tertiary/aromatic N) is 3. The Morgan fingerprint density at radius 1 is 1.22 bits per heavy atom. The molecule has 2 aromatic rings. The minimum Gasteiger partial charge on any atom is -0.464 e. The van der Waals surface area contributed by atoms with Gasteiger partial charge in [0, 0.05) is 12.3 Å². The lowest BCUT2D eigenvalue weighted by Gasteiger charge is -2.04. The number of aromatic nitrogens is 3. The second-order valence-electron chi connectivity index (χ2n) is 3.18. The normalized spacial score (nSPS) is 9.89. The minimum atomic E-state index is -0.586. The number of pyridine rings is 1. The molecule has 7 heteroatoms. The van der Waals surface area contributed by atoms with E-state index in [1.807, 2.05) is 0 Å². The molecule has 0 fully saturated rings. The van der Waals surface area contributed by atoms with E-state index in [1.54, 1.807) is 6.07 Å². The Morgan fingerprint density at radius 3 is 2.72 bits per heavy atom. The predicted octanol–water partition coefficient (Wildman–Crippen LogP) is 2.10. The standard InChI is InChI=1S/C11H8ClN3O3/c1-17-11(16)9-5-14-6-10(15-9)18-8-2-7(12)3-13-4-8/h2-6H,1H3. The molecule has 0 saturated carbocycles. The summed E-state index contributed by atoms with van der Waals surface area (Å²) in [4.78, 5) is 22.9. The van der Waals surface area contributed by atoms with Gasteiger partial charge in [-0.2, -0.15) is 0 Å². The first-order valence-electron chi connectivity index (χ1n) is 4.88. The average molecular weight is 266 g/mol. The van der Waals surface area contributed by atoms with Crippen LogP contribution in [0.25, 0.3) is 0 Å². The molecule has 92 valence electrons. The van der Waals surface area contributed by atoms with Gasteiger partial charge >= 0.3 is 5.97 Å². The third-order valence-corrected chi connectivity index (χ3v) is 2.12. The van der Waals surface area contributed by atoms with Crippen LogP contribution in [0.4, 0.5) is 0 Å². The van der Waals surface area contributed by atoms with Gasteiger partial charge in [-0.05, 0) is 0 Å². The van der Waals surface area contributed by atoms with Gasteiger partial charge in [-0.25, -0.2) is 9.78 Å². The highest BCUT2D eigenvalue weighted by atomic mass is 35.5. The van der Waals surface area contributed by atoms with Gasteiger partial charge in [0.2, 0.25) is 5.88 Å². The summed E-state index contributed by atoms with van der Waals surface area (Å²) in [5.74, 6) is -0.0297. The Bertz CT molecular complexity index is 577. The molecule has 18 heavy (non-hydrogen) atoms. The maximum atomic E-state index is 11.3. The SMILES string of the molecule is COC(=O)c1cncc(Oc2cncc(Cl)c2)n1. The topological polar surface area (TPSA) is 74.2 Å². The summed E-state index contributed by atoms with van der Waals surface area (Å²) in [5.41, 5.74) is 0.0602. The summed E-state index contributed by atoms with van der Waals surface area (Å²) >= 11 is 5.76. The summed E-state index contributed by atoms with van der Waals surface area (Å²) in [6.45, 7) is 0. The Kier molecular flexibility index (Phi) is 3.69. The van der Waals surface area contributed by atoms with Gasteiger partial charge in [-0.15, -0.1) is 0 Å². The maximum absolute atomic E-state index is 11.3. The third kappa shape index (κ3) is 2.92. The fourth-order valence-corrected chi connectivity index (χ4v) is 1.33. The van der Waals surface area contributed by atoms with Crippen molar-refractivity contribution in [2.45, 2.75) is 0 Å². The summed E-state index contributed by atoms with van der Waals surface area (Å²) in [6, 6.07) is 1.57. The van der Waals surface area contributed by atoms with Crippen LogP contribution in [-0.4, -0.2) is 28.0 Å². The van der Waals surface area contributed by atoms with E-state index in [1.165, 1.54) is 31.9 Å². The van der Waals surface area contributed by atoms with Crippen molar-refractivity contribution < 1.29 is 14.3 Å². The number of methoxy groups -OCH3 is 1. The van der Waals surface area contributed by atoms with Crippen LogP contribution in [0.3, 0.4) is 0 Å². The van der Waals surface area contributed by atoms with Crippen molar-refractivity contribution in [3.8, 4) is 11.6 Å². The van der Waals surface area contributed by atoms with Crippen molar-refractivity contribution in [1.82, 2.24) is 15.0 Å². The summed E-state index contributed by atoms with van der Waals surface area (Å²) in [7, 11) is 1.26. The number of hydrogen-bond acceptors (Lipinski definition) is 6. The molecule has 0 aliphatic heterocycles. The highest BCUT2D eigenvalue weighted by Crippen LogP contribution is 2.20. The van der Waals surface area contributed by atoms with E-state index in [0.29, 0.717) is 10.8 Å². The first-order valence-corrected chi connectivity index (χ1v) is 5.25. The summed E-state index contributed by atoms with van der Waals surface area (Å²) in [6.07, 6.45) is 5.60. The Hall–Kier alpha value is -2.21. The van der Waals surface area contributed by atoms with Gasteiger partial charge in [-0.3, -0.25) is 9.97 Å². The lowest BCUT2D eigenvalue weighted by Crippen LogP contribution is -2.05. The lowest BCUT2D eigenvalue weighted by molar-refractivity contribution is 0.0592. The van der Waals surface area contributed by atoms with Gasteiger partial charge in [-0.1, -0.05) is 11.6 Å². The molecule has 0 saturated heterocycles. The van der Waals surface area contributed by atoms with E-state index in [4.69, 9.17) is 16.3 Å². The second-order valence-corrected chi connectivity index (χ2v) is 3.61. The molecule has 0 N–H and O–H groups in total. The van der Waals surface area contributed by atoms with Gasteiger partial charge in [0.05, 0.1) is 30.7 Å². The quantitative estimate of drug-likeness (QED) is 0.791. The van der Waals surface area contributed by atoms with Crippen molar-refractivity contribution in [1.29, 1.82) is 0 Å². The number of carbonyl (C=O) groups excluding carboxylic acids is 1. The van der Waals surface area contributed by atoms with Crippen molar-refractivity contribution >= 4 is 17.6 Å². The monoisotopic (exact) mass is 265 g/mol. The fraction of sp³-hybridized carbons (Fsp3) is 0.0909. The first kappa shape index (κ1) is 12.3. The number of hydrogen-bond donors (Lipinski definition) is 0. The van der Waals surface area contributed by atoms with Crippen LogP contribution < -0.4 is 4.74 Å². The second kappa shape index (κ2) is 5.42. The van der Waals surface area contributed by atoms with E-state index < -0.39 is 5.97 Å².